The van der Waals surface area contributed by atoms with Crippen molar-refractivity contribution in [2.45, 2.75) is 20.0 Å². The van der Waals surface area contributed by atoms with Gasteiger partial charge in [-0.15, -0.1) is 0 Å². The van der Waals surface area contributed by atoms with E-state index in [1.165, 1.54) is 0 Å². The van der Waals surface area contributed by atoms with E-state index in [0.717, 1.165) is 22.1 Å². The predicted octanol–water partition coefficient (Wildman–Crippen LogP) is 4.11. The number of nitrogens with one attached hydrogen (secondary N) is 1. The SMILES string of the molecule is Cc1cccc(OC(C)C(=O)NCCOc2cccc3ccccc23)c1. The molecule has 3 rings (SSSR count). The molecule has 1 unspecified atom stereocenters. The maximum atomic E-state index is 12.2. The fourth-order valence-electron chi connectivity index (χ4n) is 2.75. The Hall–Kier alpha value is -3.01. The van der Waals surface area contributed by atoms with Crippen molar-refractivity contribution in [3.63, 3.8) is 0 Å². The highest BCUT2D eigenvalue weighted by Crippen LogP contribution is 2.24. The van der Waals surface area contributed by atoms with Crippen molar-refractivity contribution in [2.24, 2.45) is 0 Å². The Kier molecular flexibility index (Phi) is 5.74. The van der Waals surface area contributed by atoms with E-state index in [1.54, 1.807) is 6.92 Å². The van der Waals surface area contributed by atoms with Gasteiger partial charge in [0.1, 0.15) is 18.1 Å². The first-order valence-electron chi connectivity index (χ1n) is 8.75. The second kappa shape index (κ2) is 8.39. The highest BCUT2D eigenvalue weighted by molar-refractivity contribution is 5.88. The second-order valence-corrected chi connectivity index (χ2v) is 6.19. The fourth-order valence-corrected chi connectivity index (χ4v) is 2.75. The van der Waals surface area contributed by atoms with Gasteiger partial charge in [0.25, 0.3) is 5.91 Å². The molecule has 0 aliphatic carbocycles. The molecule has 0 aliphatic heterocycles. The van der Waals surface area contributed by atoms with Crippen LogP contribution in [-0.4, -0.2) is 25.2 Å². The van der Waals surface area contributed by atoms with Crippen LogP contribution in [0.4, 0.5) is 0 Å². The van der Waals surface area contributed by atoms with Crippen molar-refractivity contribution in [1.82, 2.24) is 5.32 Å². The molecule has 0 saturated heterocycles. The van der Waals surface area contributed by atoms with Crippen LogP contribution >= 0.6 is 0 Å². The summed E-state index contributed by atoms with van der Waals surface area (Å²) in [6.45, 7) is 4.55. The predicted molar refractivity (Wildman–Crippen MR) is 104 cm³/mol. The number of carbonyl (C=O) groups excluding carboxylic acids is 1. The van der Waals surface area contributed by atoms with Crippen molar-refractivity contribution in [3.05, 3.63) is 72.3 Å². The monoisotopic (exact) mass is 349 g/mol. The Labute approximate surface area is 153 Å². The van der Waals surface area contributed by atoms with Crippen molar-refractivity contribution >= 4 is 16.7 Å². The molecule has 0 radical (unpaired) electrons. The van der Waals surface area contributed by atoms with E-state index in [4.69, 9.17) is 9.47 Å². The van der Waals surface area contributed by atoms with Crippen LogP contribution in [0, 0.1) is 6.92 Å². The number of ether oxygens (including phenoxy) is 2. The van der Waals surface area contributed by atoms with E-state index in [-0.39, 0.29) is 5.91 Å². The summed E-state index contributed by atoms with van der Waals surface area (Å²) in [4.78, 5) is 12.2. The van der Waals surface area contributed by atoms with Crippen LogP contribution in [0.25, 0.3) is 10.8 Å². The van der Waals surface area contributed by atoms with E-state index < -0.39 is 6.10 Å². The van der Waals surface area contributed by atoms with Crippen LogP contribution in [0.1, 0.15) is 12.5 Å². The number of hydrogen-bond acceptors (Lipinski definition) is 3. The maximum Gasteiger partial charge on any atom is 0.260 e. The summed E-state index contributed by atoms with van der Waals surface area (Å²) in [7, 11) is 0. The minimum Gasteiger partial charge on any atom is -0.491 e. The molecule has 0 aliphatic rings. The zero-order valence-corrected chi connectivity index (χ0v) is 15.1. The highest BCUT2D eigenvalue weighted by Gasteiger charge is 2.14. The molecule has 0 spiro atoms. The molecule has 0 bridgehead atoms. The lowest BCUT2D eigenvalue weighted by atomic mass is 10.1. The molecule has 4 heteroatoms. The lowest BCUT2D eigenvalue weighted by Crippen LogP contribution is -2.38. The van der Waals surface area contributed by atoms with Gasteiger partial charge in [-0.05, 0) is 43.0 Å². The minimum absolute atomic E-state index is 0.159. The quantitative estimate of drug-likeness (QED) is 0.653. The lowest BCUT2D eigenvalue weighted by molar-refractivity contribution is -0.127. The number of carbonyl (C=O) groups is 1. The van der Waals surface area contributed by atoms with Gasteiger partial charge >= 0.3 is 0 Å². The molecule has 4 nitrogen and oxygen atoms in total. The number of hydrogen-bond donors (Lipinski definition) is 1. The minimum atomic E-state index is -0.561. The molecule has 26 heavy (non-hydrogen) atoms. The number of benzene rings is 3. The third-order valence-corrected chi connectivity index (χ3v) is 4.08. The molecule has 3 aromatic carbocycles. The highest BCUT2D eigenvalue weighted by atomic mass is 16.5. The van der Waals surface area contributed by atoms with Gasteiger partial charge in [0.05, 0.1) is 6.54 Å². The van der Waals surface area contributed by atoms with Crippen molar-refractivity contribution in [2.75, 3.05) is 13.2 Å². The summed E-state index contributed by atoms with van der Waals surface area (Å²) in [6.07, 6.45) is -0.561. The fraction of sp³-hybridized carbons (Fsp3) is 0.227. The molecule has 0 saturated carbocycles. The summed E-state index contributed by atoms with van der Waals surface area (Å²) < 4.78 is 11.5. The van der Waals surface area contributed by atoms with Gasteiger partial charge in [-0.25, -0.2) is 0 Å². The average molecular weight is 349 g/mol. The van der Waals surface area contributed by atoms with E-state index in [0.29, 0.717) is 18.9 Å². The Balaban J connectivity index is 1.47. The van der Waals surface area contributed by atoms with Gasteiger partial charge in [0.2, 0.25) is 0 Å². The number of fused-ring (bicyclic) bond motifs is 1. The molecule has 1 amide bonds. The van der Waals surface area contributed by atoms with E-state index in [1.807, 2.05) is 73.7 Å². The average Bonchev–Trinajstić information content (AvgIpc) is 2.65. The van der Waals surface area contributed by atoms with Gasteiger partial charge in [-0.2, -0.15) is 0 Å². The standard InChI is InChI=1S/C22H23NO3/c1-16-7-5-10-19(15-16)26-17(2)22(24)23-13-14-25-21-12-6-9-18-8-3-4-11-20(18)21/h3-12,15,17H,13-14H2,1-2H3,(H,23,24). The van der Waals surface area contributed by atoms with Gasteiger partial charge in [-0.3, -0.25) is 4.79 Å². The Morgan fingerprint density at radius 2 is 1.81 bits per heavy atom. The molecular formula is C22H23NO3. The smallest absolute Gasteiger partial charge is 0.260 e. The lowest BCUT2D eigenvalue weighted by Gasteiger charge is -2.15. The van der Waals surface area contributed by atoms with Crippen LogP contribution in [-0.2, 0) is 4.79 Å². The first kappa shape index (κ1) is 17.8. The Morgan fingerprint density at radius 3 is 2.65 bits per heavy atom. The van der Waals surface area contributed by atoms with Gasteiger partial charge < -0.3 is 14.8 Å². The number of amides is 1. The second-order valence-electron chi connectivity index (χ2n) is 6.19. The zero-order chi connectivity index (χ0) is 18.4. The zero-order valence-electron chi connectivity index (χ0n) is 15.1. The molecular weight excluding hydrogens is 326 g/mol. The van der Waals surface area contributed by atoms with Crippen molar-refractivity contribution < 1.29 is 14.3 Å². The molecule has 0 aromatic heterocycles. The number of aryl methyl sites for hydroxylation is 1. The Morgan fingerprint density at radius 1 is 1.04 bits per heavy atom. The molecule has 134 valence electrons. The Bertz CT molecular complexity index is 886. The van der Waals surface area contributed by atoms with Crippen LogP contribution in [0.15, 0.2) is 66.7 Å². The molecule has 0 fully saturated rings. The molecule has 1 atom stereocenters. The summed E-state index contributed by atoms with van der Waals surface area (Å²) in [5.74, 6) is 1.36. The first-order chi connectivity index (χ1) is 12.6. The largest absolute Gasteiger partial charge is 0.491 e. The van der Waals surface area contributed by atoms with Crippen molar-refractivity contribution in [3.8, 4) is 11.5 Å². The van der Waals surface area contributed by atoms with Crippen LogP contribution in [0.3, 0.4) is 0 Å². The number of rotatable bonds is 7. The summed E-state index contributed by atoms with van der Waals surface area (Å²) in [6, 6.07) is 21.7. The third-order valence-electron chi connectivity index (χ3n) is 4.08. The maximum absolute atomic E-state index is 12.2. The van der Waals surface area contributed by atoms with Crippen molar-refractivity contribution in [1.29, 1.82) is 0 Å². The van der Waals surface area contributed by atoms with E-state index in [9.17, 15) is 4.79 Å². The van der Waals surface area contributed by atoms with Crippen LogP contribution < -0.4 is 14.8 Å². The molecule has 3 aromatic rings. The van der Waals surface area contributed by atoms with Gasteiger partial charge in [0, 0.05) is 5.39 Å². The first-order valence-corrected chi connectivity index (χ1v) is 8.75. The molecule has 1 N–H and O–H groups in total. The normalized spacial score (nSPS) is 11.8. The topological polar surface area (TPSA) is 47.6 Å². The van der Waals surface area contributed by atoms with Crippen LogP contribution in [0.2, 0.25) is 0 Å². The van der Waals surface area contributed by atoms with Crippen LogP contribution in [0.5, 0.6) is 11.5 Å². The van der Waals surface area contributed by atoms with Gasteiger partial charge in [-0.1, -0.05) is 48.5 Å². The summed E-state index contributed by atoms with van der Waals surface area (Å²) in [5, 5.41) is 5.05. The van der Waals surface area contributed by atoms with E-state index >= 15 is 0 Å². The summed E-state index contributed by atoms with van der Waals surface area (Å²) in [5.41, 5.74) is 1.10. The van der Waals surface area contributed by atoms with E-state index in [2.05, 4.69) is 5.32 Å². The van der Waals surface area contributed by atoms with Gasteiger partial charge in [0.15, 0.2) is 6.10 Å². The third kappa shape index (κ3) is 4.54. The summed E-state index contributed by atoms with van der Waals surface area (Å²) >= 11 is 0. The molecule has 0 heterocycles.